The summed E-state index contributed by atoms with van der Waals surface area (Å²) in [6.45, 7) is 6.50. The lowest BCUT2D eigenvalue weighted by Gasteiger charge is -2.19. The molecular formula is C12H21N3. The minimum Gasteiger partial charge on any atom is -0.271 e. The molecule has 3 nitrogen and oxygen atoms in total. The zero-order valence-electron chi connectivity index (χ0n) is 9.83. The predicted molar refractivity (Wildman–Crippen MR) is 63.1 cm³/mol. The van der Waals surface area contributed by atoms with E-state index in [1.54, 1.807) is 0 Å². The molecule has 0 aliphatic heterocycles. The number of nitrogens with one attached hydrogen (secondary N) is 1. The van der Waals surface area contributed by atoms with Gasteiger partial charge < -0.3 is 0 Å². The van der Waals surface area contributed by atoms with Crippen LogP contribution in [0.2, 0.25) is 0 Å². The summed E-state index contributed by atoms with van der Waals surface area (Å²) in [4.78, 5) is 4.36. The van der Waals surface area contributed by atoms with Crippen molar-refractivity contribution in [1.82, 2.24) is 10.4 Å². The van der Waals surface area contributed by atoms with Crippen molar-refractivity contribution >= 4 is 0 Å². The second-order valence-electron chi connectivity index (χ2n) is 4.23. The van der Waals surface area contributed by atoms with Gasteiger partial charge in [0.25, 0.3) is 0 Å². The number of aryl methyl sites for hydroxylation is 1. The fraction of sp³-hybridized carbons (Fsp3) is 0.583. The van der Waals surface area contributed by atoms with Crippen LogP contribution < -0.4 is 11.3 Å². The van der Waals surface area contributed by atoms with Crippen LogP contribution in [0.25, 0.3) is 0 Å². The highest BCUT2D eigenvalue weighted by Gasteiger charge is 2.14. The third kappa shape index (κ3) is 3.61. The van der Waals surface area contributed by atoms with Gasteiger partial charge in [0.05, 0.1) is 11.7 Å². The molecule has 2 atom stereocenters. The molecule has 0 fully saturated rings. The maximum atomic E-state index is 5.57. The van der Waals surface area contributed by atoms with Gasteiger partial charge in [0.15, 0.2) is 0 Å². The summed E-state index contributed by atoms with van der Waals surface area (Å²) in [5.74, 6) is 6.23. The molecule has 0 bridgehead atoms. The van der Waals surface area contributed by atoms with Crippen LogP contribution in [0.3, 0.4) is 0 Å². The Morgan fingerprint density at radius 1 is 1.53 bits per heavy atom. The van der Waals surface area contributed by atoms with E-state index < -0.39 is 0 Å². The Kier molecular flexibility index (Phi) is 4.72. The first kappa shape index (κ1) is 12.1. The molecule has 0 aliphatic rings. The van der Waals surface area contributed by atoms with E-state index in [1.165, 1.54) is 12.0 Å². The van der Waals surface area contributed by atoms with E-state index in [-0.39, 0.29) is 6.04 Å². The van der Waals surface area contributed by atoms with Crippen LogP contribution in [0.4, 0.5) is 0 Å². The van der Waals surface area contributed by atoms with Gasteiger partial charge in [-0.25, -0.2) is 0 Å². The molecule has 0 spiro atoms. The molecule has 0 saturated carbocycles. The van der Waals surface area contributed by atoms with Crippen molar-refractivity contribution in [3.63, 3.8) is 0 Å². The number of rotatable bonds is 5. The van der Waals surface area contributed by atoms with Gasteiger partial charge in [-0.3, -0.25) is 16.3 Å². The van der Waals surface area contributed by atoms with Crippen LogP contribution in [-0.4, -0.2) is 4.98 Å². The molecule has 1 aromatic rings. The van der Waals surface area contributed by atoms with Gasteiger partial charge in [-0.05, 0) is 37.0 Å². The van der Waals surface area contributed by atoms with E-state index in [0.29, 0.717) is 5.92 Å². The van der Waals surface area contributed by atoms with Gasteiger partial charge in [-0.15, -0.1) is 0 Å². The number of aromatic nitrogens is 1. The zero-order valence-corrected chi connectivity index (χ0v) is 9.83. The number of nitrogens with two attached hydrogens (primary N) is 1. The molecule has 0 aliphatic carbocycles. The minimum atomic E-state index is 0.167. The van der Waals surface area contributed by atoms with Crippen LogP contribution in [0, 0.1) is 12.8 Å². The summed E-state index contributed by atoms with van der Waals surface area (Å²) in [6, 6.07) is 4.26. The zero-order chi connectivity index (χ0) is 11.3. The molecule has 0 saturated heterocycles. The molecule has 1 aromatic heterocycles. The third-order valence-corrected chi connectivity index (χ3v) is 2.83. The topological polar surface area (TPSA) is 50.9 Å². The number of nitrogens with zero attached hydrogens (tertiary/aromatic N) is 1. The average molecular weight is 207 g/mol. The maximum Gasteiger partial charge on any atom is 0.0634 e. The molecule has 3 heteroatoms. The van der Waals surface area contributed by atoms with Gasteiger partial charge >= 0.3 is 0 Å². The van der Waals surface area contributed by atoms with Crippen LogP contribution in [0.1, 0.15) is 44.0 Å². The first-order chi connectivity index (χ1) is 7.17. The Bertz CT molecular complexity index is 299. The summed E-state index contributed by atoms with van der Waals surface area (Å²) >= 11 is 0. The molecule has 0 radical (unpaired) electrons. The second kappa shape index (κ2) is 5.83. The number of pyridine rings is 1. The van der Waals surface area contributed by atoms with E-state index in [9.17, 15) is 0 Å². The quantitative estimate of drug-likeness (QED) is 0.575. The predicted octanol–water partition coefficient (Wildman–Crippen LogP) is 2.33. The Labute approximate surface area is 92.1 Å². The van der Waals surface area contributed by atoms with Gasteiger partial charge in [-0.2, -0.15) is 0 Å². The molecule has 1 heterocycles. The summed E-state index contributed by atoms with van der Waals surface area (Å²) in [5.41, 5.74) is 5.11. The highest BCUT2D eigenvalue weighted by molar-refractivity contribution is 5.17. The van der Waals surface area contributed by atoms with Crippen LogP contribution >= 0.6 is 0 Å². The van der Waals surface area contributed by atoms with Gasteiger partial charge in [0, 0.05) is 6.20 Å². The summed E-state index contributed by atoms with van der Waals surface area (Å²) in [6.07, 6.45) is 4.04. The second-order valence-corrected chi connectivity index (χ2v) is 4.23. The van der Waals surface area contributed by atoms with E-state index in [2.05, 4.69) is 37.2 Å². The van der Waals surface area contributed by atoms with E-state index in [0.717, 1.165) is 12.1 Å². The summed E-state index contributed by atoms with van der Waals surface area (Å²) in [5, 5.41) is 0. The number of hydrogen-bond donors (Lipinski definition) is 2. The fourth-order valence-electron chi connectivity index (χ4n) is 1.59. The van der Waals surface area contributed by atoms with Gasteiger partial charge in [0.2, 0.25) is 0 Å². The maximum absolute atomic E-state index is 5.57. The first-order valence-electron chi connectivity index (χ1n) is 5.56. The minimum absolute atomic E-state index is 0.167. The lowest BCUT2D eigenvalue weighted by Crippen LogP contribution is -2.30. The summed E-state index contributed by atoms with van der Waals surface area (Å²) < 4.78 is 0. The number of hydrazine groups is 1. The SMILES string of the molecule is CCC(C)CC(NN)c1cc(C)ccn1. The van der Waals surface area contributed by atoms with Crippen molar-refractivity contribution in [2.45, 2.75) is 39.7 Å². The Morgan fingerprint density at radius 2 is 2.27 bits per heavy atom. The number of hydrogen-bond acceptors (Lipinski definition) is 3. The van der Waals surface area contributed by atoms with E-state index in [1.807, 2.05) is 12.3 Å². The Hall–Kier alpha value is -0.930. The Balaban J connectivity index is 2.73. The summed E-state index contributed by atoms with van der Waals surface area (Å²) in [7, 11) is 0. The molecular weight excluding hydrogens is 186 g/mol. The molecule has 84 valence electrons. The van der Waals surface area contributed by atoms with Gasteiger partial charge in [-0.1, -0.05) is 20.3 Å². The highest BCUT2D eigenvalue weighted by atomic mass is 15.2. The first-order valence-corrected chi connectivity index (χ1v) is 5.56. The molecule has 1 rings (SSSR count). The lowest BCUT2D eigenvalue weighted by atomic mass is 9.97. The molecule has 0 aromatic carbocycles. The normalized spacial score (nSPS) is 14.9. The highest BCUT2D eigenvalue weighted by Crippen LogP contribution is 2.21. The van der Waals surface area contributed by atoms with E-state index >= 15 is 0 Å². The lowest BCUT2D eigenvalue weighted by molar-refractivity contribution is 0.401. The Morgan fingerprint density at radius 3 is 2.80 bits per heavy atom. The van der Waals surface area contributed by atoms with Crippen molar-refractivity contribution in [1.29, 1.82) is 0 Å². The molecule has 3 N–H and O–H groups in total. The molecule has 15 heavy (non-hydrogen) atoms. The van der Waals surface area contributed by atoms with Crippen molar-refractivity contribution in [3.05, 3.63) is 29.6 Å². The van der Waals surface area contributed by atoms with Crippen molar-refractivity contribution in [2.24, 2.45) is 11.8 Å². The smallest absolute Gasteiger partial charge is 0.0634 e. The standard InChI is InChI=1S/C12H21N3/c1-4-9(2)7-12(15-13)11-8-10(3)5-6-14-11/h5-6,8-9,12,15H,4,7,13H2,1-3H3. The van der Waals surface area contributed by atoms with Gasteiger partial charge in [0.1, 0.15) is 0 Å². The third-order valence-electron chi connectivity index (χ3n) is 2.83. The molecule has 2 unspecified atom stereocenters. The van der Waals surface area contributed by atoms with E-state index in [4.69, 9.17) is 5.84 Å². The fourth-order valence-corrected chi connectivity index (χ4v) is 1.59. The van der Waals surface area contributed by atoms with Crippen LogP contribution in [0.15, 0.2) is 18.3 Å². The van der Waals surface area contributed by atoms with Crippen molar-refractivity contribution in [3.8, 4) is 0 Å². The van der Waals surface area contributed by atoms with Crippen LogP contribution in [-0.2, 0) is 0 Å². The van der Waals surface area contributed by atoms with Crippen LogP contribution in [0.5, 0.6) is 0 Å². The average Bonchev–Trinajstić information content (AvgIpc) is 2.25. The van der Waals surface area contributed by atoms with Crippen molar-refractivity contribution in [2.75, 3.05) is 0 Å². The monoisotopic (exact) mass is 207 g/mol. The largest absolute Gasteiger partial charge is 0.271 e. The van der Waals surface area contributed by atoms with Crippen molar-refractivity contribution < 1.29 is 0 Å². The molecule has 0 amide bonds.